The van der Waals surface area contributed by atoms with Crippen molar-refractivity contribution in [1.82, 2.24) is 4.31 Å². The van der Waals surface area contributed by atoms with Crippen molar-refractivity contribution in [3.8, 4) is 0 Å². The fourth-order valence-electron chi connectivity index (χ4n) is 1.57. The Balaban J connectivity index is 3.18. The molecule has 0 aliphatic rings. The second kappa shape index (κ2) is 7.53. The number of rotatable bonds is 6. The molecule has 0 saturated carbocycles. The van der Waals surface area contributed by atoms with E-state index >= 15 is 0 Å². The molecule has 20 heavy (non-hydrogen) atoms. The Morgan fingerprint density at radius 3 is 2.50 bits per heavy atom. The molecule has 1 aromatic carbocycles. The summed E-state index contributed by atoms with van der Waals surface area (Å²) >= 11 is 6.50. The number of halogens is 2. The molecule has 0 saturated heterocycles. The van der Waals surface area contributed by atoms with Crippen LogP contribution in [0, 0.1) is 0 Å². The number of carbonyl (C=O) groups is 1. The van der Waals surface area contributed by atoms with Crippen molar-refractivity contribution < 1.29 is 17.9 Å². The van der Waals surface area contributed by atoms with Gasteiger partial charge in [-0.3, -0.25) is 4.79 Å². The Morgan fingerprint density at radius 2 is 2.00 bits per heavy atom. The van der Waals surface area contributed by atoms with E-state index in [0.29, 0.717) is 10.9 Å². The zero-order chi connectivity index (χ0) is 15.3. The maximum Gasteiger partial charge on any atom is 0.321 e. The van der Waals surface area contributed by atoms with Crippen molar-refractivity contribution in [3.63, 3.8) is 0 Å². The number of benzene rings is 1. The molecule has 0 aromatic heterocycles. The summed E-state index contributed by atoms with van der Waals surface area (Å²) in [4.78, 5) is 11.5. The fourth-order valence-corrected chi connectivity index (χ4v) is 4.75. The normalized spacial score (nSPS) is 11.7. The lowest BCUT2D eigenvalue weighted by Gasteiger charge is -2.21. The van der Waals surface area contributed by atoms with Crippen LogP contribution in [0.3, 0.4) is 0 Å². The van der Waals surface area contributed by atoms with Crippen molar-refractivity contribution in [2.24, 2.45) is 0 Å². The van der Waals surface area contributed by atoms with Gasteiger partial charge in [0.25, 0.3) is 0 Å². The highest BCUT2D eigenvalue weighted by molar-refractivity contribution is 9.11. The van der Waals surface area contributed by atoms with Crippen LogP contribution in [-0.2, 0) is 19.6 Å². The van der Waals surface area contributed by atoms with Crippen LogP contribution in [0.1, 0.15) is 13.3 Å². The van der Waals surface area contributed by atoms with Crippen molar-refractivity contribution in [2.75, 3.05) is 20.2 Å². The predicted molar refractivity (Wildman–Crippen MR) is 82.9 cm³/mol. The molecule has 0 spiro atoms. The number of carbonyl (C=O) groups excluding carboxylic acids is 1. The molecule has 1 aromatic rings. The third kappa shape index (κ3) is 4.28. The van der Waals surface area contributed by atoms with E-state index in [9.17, 15) is 13.2 Å². The van der Waals surface area contributed by atoms with Gasteiger partial charge in [-0.05, 0) is 40.5 Å². The molecule has 8 heteroatoms. The molecule has 0 heterocycles. The van der Waals surface area contributed by atoms with Gasteiger partial charge in [0, 0.05) is 15.5 Å². The lowest BCUT2D eigenvalue weighted by Crippen LogP contribution is -2.36. The predicted octanol–water partition coefficient (Wildman–Crippen LogP) is 2.79. The molecule has 0 N–H and O–H groups in total. The third-order valence-corrected chi connectivity index (χ3v) is 5.83. The van der Waals surface area contributed by atoms with E-state index in [1.807, 2.05) is 6.92 Å². The molecule has 0 amide bonds. The second-order valence-corrected chi connectivity index (χ2v) is 7.67. The van der Waals surface area contributed by atoms with E-state index in [1.54, 1.807) is 12.1 Å². The van der Waals surface area contributed by atoms with Gasteiger partial charge >= 0.3 is 5.97 Å². The molecule has 0 aliphatic carbocycles. The van der Waals surface area contributed by atoms with E-state index in [2.05, 4.69) is 36.6 Å². The van der Waals surface area contributed by atoms with Gasteiger partial charge in [0.2, 0.25) is 10.0 Å². The van der Waals surface area contributed by atoms with Crippen molar-refractivity contribution in [2.45, 2.75) is 18.2 Å². The van der Waals surface area contributed by atoms with Gasteiger partial charge in [-0.1, -0.05) is 22.9 Å². The molecule has 0 aliphatic heterocycles. The summed E-state index contributed by atoms with van der Waals surface area (Å²) in [6, 6.07) is 4.78. The summed E-state index contributed by atoms with van der Waals surface area (Å²) in [6.45, 7) is 1.80. The number of methoxy groups -OCH3 is 1. The lowest BCUT2D eigenvalue weighted by atomic mass is 10.4. The number of hydrogen-bond donors (Lipinski definition) is 0. The minimum Gasteiger partial charge on any atom is -0.468 e. The SMILES string of the molecule is CCCN(CC(=O)OC)S(=O)(=O)c1ccc(Br)cc1Br. The Bertz CT molecular complexity index is 589. The molecule has 0 bridgehead atoms. The molecular formula is C12H15Br2NO4S. The highest BCUT2D eigenvalue weighted by atomic mass is 79.9. The molecule has 0 fully saturated rings. The van der Waals surface area contributed by atoms with Crippen molar-refractivity contribution in [3.05, 3.63) is 27.1 Å². The first-order chi connectivity index (χ1) is 9.32. The topological polar surface area (TPSA) is 63.7 Å². The molecule has 0 atom stereocenters. The summed E-state index contributed by atoms with van der Waals surface area (Å²) in [7, 11) is -2.52. The van der Waals surface area contributed by atoms with E-state index < -0.39 is 16.0 Å². The maximum absolute atomic E-state index is 12.6. The van der Waals surface area contributed by atoms with Crippen LogP contribution in [0.5, 0.6) is 0 Å². The zero-order valence-electron chi connectivity index (χ0n) is 11.1. The van der Waals surface area contributed by atoms with Crippen LogP contribution in [0.4, 0.5) is 0 Å². The van der Waals surface area contributed by atoms with E-state index in [-0.39, 0.29) is 18.0 Å². The summed E-state index contributed by atoms with van der Waals surface area (Å²) in [5, 5.41) is 0. The zero-order valence-corrected chi connectivity index (χ0v) is 15.1. The second-order valence-electron chi connectivity index (χ2n) is 3.99. The summed E-state index contributed by atoms with van der Waals surface area (Å²) in [6.07, 6.45) is 0.602. The summed E-state index contributed by atoms with van der Waals surface area (Å²) < 4.78 is 32.0. The standard InChI is InChI=1S/C12H15Br2NO4S/c1-3-6-15(8-12(16)19-2)20(17,18)11-5-4-9(13)7-10(11)14/h4-5,7H,3,6,8H2,1-2H3. The van der Waals surface area contributed by atoms with Crippen LogP contribution in [0.25, 0.3) is 0 Å². The number of esters is 1. The summed E-state index contributed by atoms with van der Waals surface area (Å²) in [5.74, 6) is -0.588. The van der Waals surface area contributed by atoms with Gasteiger partial charge in [-0.2, -0.15) is 4.31 Å². The Kier molecular flexibility index (Phi) is 6.63. The van der Waals surface area contributed by atoms with E-state index in [4.69, 9.17) is 0 Å². The highest BCUT2D eigenvalue weighted by Crippen LogP contribution is 2.28. The van der Waals surface area contributed by atoms with Gasteiger partial charge in [-0.15, -0.1) is 0 Å². The van der Waals surface area contributed by atoms with Gasteiger partial charge in [0.1, 0.15) is 6.54 Å². The summed E-state index contributed by atoms with van der Waals surface area (Å²) in [5.41, 5.74) is 0. The molecule has 112 valence electrons. The van der Waals surface area contributed by atoms with Crippen LogP contribution in [0.2, 0.25) is 0 Å². The lowest BCUT2D eigenvalue weighted by molar-refractivity contribution is -0.140. The van der Waals surface area contributed by atoms with Gasteiger partial charge in [0.15, 0.2) is 0 Å². The monoisotopic (exact) mass is 427 g/mol. The average molecular weight is 429 g/mol. The van der Waals surface area contributed by atoms with Crippen LogP contribution < -0.4 is 0 Å². The van der Waals surface area contributed by atoms with Crippen LogP contribution in [-0.4, -0.2) is 38.9 Å². The molecule has 5 nitrogen and oxygen atoms in total. The quantitative estimate of drug-likeness (QED) is 0.653. The Hall–Kier alpha value is -0.440. The largest absolute Gasteiger partial charge is 0.468 e. The van der Waals surface area contributed by atoms with Crippen molar-refractivity contribution >= 4 is 47.9 Å². The van der Waals surface area contributed by atoms with E-state index in [1.165, 1.54) is 13.2 Å². The Morgan fingerprint density at radius 1 is 1.35 bits per heavy atom. The Labute approximate surface area is 135 Å². The fraction of sp³-hybridized carbons (Fsp3) is 0.417. The molecule has 0 unspecified atom stereocenters. The maximum atomic E-state index is 12.6. The molecular weight excluding hydrogens is 414 g/mol. The number of hydrogen-bond acceptors (Lipinski definition) is 4. The van der Waals surface area contributed by atoms with Crippen LogP contribution in [0.15, 0.2) is 32.0 Å². The smallest absolute Gasteiger partial charge is 0.321 e. The highest BCUT2D eigenvalue weighted by Gasteiger charge is 2.28. The number of nitrogens with zero attached hydrogens (tertiary/aromatic N) is 1. The first kappa shape index (κ1) is 17.6. The van der Waals surface area contributed by atoms with E-state index in [0.717, 1.165) is 8.78 Å². The average Bonchev–Trinajstić information content (AvgIpc) is 2.37. The number of ether oxygens (including phenoxy) is 1. The molecule has 0 radical (unpaired) electrons. The minimum atomic E-state index is -3.75. The molecule has 1 rings (SSSR count). The van der Waals surface area contributed by atoms with Gasteiger partial charge < -0.3 is 4.74 Å². The van der Waals surface area contributed by atoms with Crippen LogP contribution >= 0.6 is 31.9 Å². The third-order valence-electron chi connectivity index (χ3n) is 2.52. The van der Waals surface area contributed by atoms with Gasteiger partial charge in [-0.25, -0.2) is 8.42 Å². The first-order valence-electron chi connectivity index (χ1n) is 5.85. The van der Waals surface area contributed by atoms with Crippen molar-refractivity contribution in [1.29, 1.82) is 0 Å². The number of sulfonamides is 1. The minimum absolute atomic E-state index is 0.123. The van der Waals surface area contributed by atoms with Gasteiger partial charge in [0.05, 0.1) is 12.0 Å². The first-order valence-corrected chi connectivity index (χ1v) is 8.87.